The monoisotopic (exact) mass is 795 g/mol. The minimum absolute atomic E-state index is 0.00748. The highest BCUT2D eigenvalue weighted by Crippen LogP contribution is 2.46. The van der Waals surface area contributed by atoms with Gasteiger partial charge in [-0.3, -0.25) is 0 Å². The van der Waals surface area contributed by atoms with E-state index in [9.17, 15) is 17.8 Å². The maximum absolute atomic E-state index is 12.2. The summed E-state index contributed by atoms with van der Waals surface area (Å²) in [5.41, 5.74) is -0.218. The van der Waals surface area contributed by atoms with Gasteiger partial charge in [0.25, 0.3) is 6.26 Å². The van der Waals surface area contributed by atoms with E-state index in [0.717, 1.165) is 19.4 Å². The van der Waals surface area contributed by atoms with Crippen molar-refractivity contribution in [1.82, 2.24) is 10.2 Å². The van der Waals surface area contributed by atoms with Crippen molar-refractivity contribution in [3.05, 3.63) is 0 Å². The number of nitrogens with zero attached hydrogens (tertiary/aromatic N) is 3. The summed E-state index contributed by atoms with van der Waals surface area (Å²) in [5.74, 6) is -0.452. The Morgan fingerprint density at radius 3 is 2.32 bits per heavy atom. The Morgan fingerprint density at radius 2 is 1.89 bits per heavy atom. The number of rotatable bonds is 11. The first-order valence-corrected chi connectivity index (χ1v) is 19.8. The lowest BCUT2D eigenvalue weighted by atomic mass is 9.63. The van der Waals surface area contributed by atoms with Crippen LogP contribution in [0, 0.1) is 22.3 Å². The molecule has 15 heteroatoms. The van der Waals surface area contributed by atoms with E-state index in [1.54, 1.807) is 20.4 Å². The molecule has 0 heterocycles. The molecule has 1 aliphatic rings. The number of carbonyl (C=O) groups excluding carboxylic acids is 1. The molecule has 0 aliphatic heterocycles. The van der Waals surface area contributed by atoms with Crippen molar-refractivity contribution >= 4 is 64.1 Å². The number of aliphatic hydroxyl groups is 1. The van der Waals surface area contributed by atoms with E-state index in [1.165, 1.54) is 0 Å². The average molecular weight is 795 g/mol. The van der Waals surface area contributed by atoms with E-state index in [1.807, 2.05) is 19.0 Å². The molecular formula is C22H45I2N4O7PS. The van der Waals surface area contributed by atoms with E-state index < -0.39 is 25.8 Å². The molecule has 0 spiro atoms. The highest BCUT2D eigenvalue weighted by atomic mass is 127. The minimum atomic E-state index is -4.26. The third-order valence-corrected chi connectivity index (χ3v) is 6.36. The smallest absolute Gasteiger partial charge is 0.407 e. The fourth-order valence-corrected chi connectivity index (χ4v) is 5.03. The molecule has 1 saturated carbocycles. The quantitative estimate of drug-likeness (QED) is 0.106. The third-order valence-electron chi connectivity index (χ3n) is 5.67. The lowest BCUT2D eigenvalue weighted by Crippen LogP contribution is -2.49. The van der Waals surface area contributed by atoms with Crippen LogP contribution in [0.2, 0.25) is 0 Å². The third kappa shape index (κ3) is 23.8. The van der Waals surface area contributed by atoms with E-state index >= 15 is 0 Å². The van der Waals surface area contributed by atoms with Gasteiger partial charge in [-0.05, 0) is 82.9 Å². The first-order valence-electron chi connectivity index (χ1n) is 12.2. The Bertz CT molecular complexity index is 830. The molecule has 1 fully saturated rings. The number of aliphatic hydroxyl groups excluding tert-OH is 1. The molecule has 1 rings (SSSR count). The number of alkyl carbamates (subject to hydrolysis) is 1. The van der Waals surface area contributed by atoms with Gasteiger partial charge in [0.15, 0.2) is 0 Å². The topological polar surface area (TPSA) is 152 Å². The van der Waals surface area contributed by atoms with E-state index in [2.05, 4.69) is 70.2 Å². The van der Waals surface area contributed by atoms with Gasteiger partial charge in [0, 0.05) is 21.8 Å². The maximum atomic E-state index is 12.2. The highest BCUT2D eigenvalue weighted by Gasteiger charge is 2.42. The molecule has 2 atom stereocenters. The van der Waals surface area contributed by atoms with Crippen molar-refractivity contribution in [2.75, 3.05) is 73.4 Å². The standard InChI is InChI=1S/C18H33N3O6S.C4H11NO.HI2P/c1-17(2)10-15(11-18(3,12-17)13-26-14-19)20-16(22)27-8-6-21(4,5)7-9-28(23,24)25;1-5(2)3-4-6;1-3-2/h15H,6-13H2,1-5H3,(H-,20,22,23,24,25);6H,3-4H2,1-2H3;3H/i;;3D. The van der Waals surface area contributed by atoms with Gasteiger partial charge in [0.1, 0.15) is 29.9 Å². The van der Waals surface area contributed by atoms with Crippen LogP contribution >= 0.6 is 47.9 Å². The number of nitriles is 1. The summed E-state index contributed by atoms with van der Waals surface area (Å²) in [5, 5.41) is 19.8. The number of hydrogen-bond donors (Lipinski definition) is 2. The molecule has 0 bridgehead atoms. The van der Waals surface area contributed by atoms with E-state index in [-0.39, 0.29) is 41.1 Å². The van der Waals surface area contributed by atoms with Crippen molar-refractivity contribution < 1.29 is 36.8 Å². The van der Waals surface area contributed by atoms with E-state index in [0.29, 0.717) is 19.6 Å². The van der Waals surface area contributed by atoms with Gasteiger partial charge >= 0.3 is 6.09 Å². The van der Waals surface area contributed by atoms with Gasteiger partial charge < -0.3 is 33.8 Å². The summed E-state index contributed by atoms with van der Waals surface area (Å²) in [6.45, 7) is 8.30. The van der Waals surface area contributed by atoms with Gasteiger partial charge in [-0.2, -0.15) is 5.26 Å². The Labute approximate surface area is 252 Å². The van der Waals surface area contributed by atoms with Crippen LogP contribution in [-0.4, -0.2) is 114 Å². The lowest BCUT2D eigenvalue weighted by molar-refractivity contribution is -0.888. The lowest BCUT2D eigenvalue weighted by Gasteiger charge is -2.45. The summed E-state index contributed by atoms with van der Waals surface area (Å²) in [4.78, 5) is 14.1. The fourth-order valence-electron chi connectivity index (χ4n) is 4.32. The molecule has 220 valence electrons. The number of hydrogen-bond acceptors (Lipinski definition) is 9. The number of likely N-dealkylation sites (N-methyl/N-ethyl adjacent to an activating group) is 2. The molecular weight excluding hydrogens is 749 g/mol. The second kappa shape index (κ2) is 19.3. The second-order valence-corrected chi connectivity index (χ2v) is 21.2. The Morgan fingerprint density at radius 1 is 1.32 bits per heavy atom. The normalized spacial score (nSPS) is 21.4. The first-order chi connectivity index (χ1) is 17.2. The molecule has 0 saturated heterocycles. The molecule has 0 radical (unpaired) electrons. The predicted molar refractivity (Wildman–Crippen MR) is 164 cm³/mol. The van der Waals surface area contributed by atoms with Gasteiger partial charge in [-0.1, -0.05) is 20.8 Å². The summed E-state index contributed by atoms with van der Waals surface area (Å²) >= 11 is 4.12. The molecule has 1 amide bonds. The van der Waals surface area contributed by atoms with Crippen molar-refractivity contribution in [2.24, 2.45) is 10.8 Å². The second-order valence-electron chi connectivity index (χ2n) is 11.2. The zero-order chi connectivity index (χ0) is 30.2. The van der Waals surface area contributed by atoms with Crippen LogP contribution in [0.4, 0.5) is 4.79 Å². The molecule has 0 aromatic rings. The Hall–Kier alpha value is 0.240. The Balaban J connectivity index is 0. The van der Waals surface area contributed by atoms with Gasteiger partial charge in [-0.25, -0.2) is 13.2 Å². The van der Waals surface area contributed by atoms with Crippen molar-refractivity contribution in [3.8, 4) is 6.26 Å². The molecule has 37 heavy (non-hydrogen) atoms. The zero-order valence-electron chi connectivity index (χ0n) is 24.0. The SMILES string of the molecule is CC1(C)CC(NC(=O)OCC[N+](C)(C)CCS(=O)(=O)[O-])CC(C)(COC#N)C1.CN(C)CCO.[2H]P(I)I. The molecule has 2 unspecified atom stereocenters. The van der Waals surface area contributed by atoms with Crippen LogP contribution in [0.15, 0.2) is 0 Å². The largest absolute Gasteiger partial charge is 0.748 e. The van der Waals surface area contributed by atoms with Crippen molar-refractivity contribution in [1.29, 1.82) is 6.54 Å². The molecule has 0 aromatic heterocycles. The first kappa shape index (κ1) is 37.2. The van der Waals surface area contributed by atoms with Crippen molar-refractivity contribution in [2.45, 2.75) is 46.1 Å². The number of nitrogens with one attached hydrogen (secondary N) is 1. The maximum Gasteiger partial charge on any atom is 0.407 e. The van der Waals surface area contributed by atoms with Gasteiger partial charge in [-0.15, -0.1) is 0 Å². The predicted octanol–water partition coefficient (Wildman–Crippen LogP) is 3.32. The molecule has 0 aromatic carbocycles. The summed E-state index contributed by atoms with van der Waals surface area (Å²) < 4.78 is 49.0. The molecule has 1 aliphatic carbocycles. The number of carbonyl (C=O) groups is 1. The van der Waals surface area contributed by atoms with Crippen LogP contribution in [0.5, 0.6) is 0 Å². The minimum Gasteiger partial charge on any atom is -0.748 e. The number of quaternary nitrogens is 1. The fraction of sp³-hybridized carbons (Fsp3) is 0.909. The van der Waals surface area contributed by atoms with E-state index in [4.69, 9.17) is 21.1 Å². The van der Waals surface area contributed by atoms with Crippen LogP contribution in [0.1, 0.15) is 40.0 Å². The van der Waals surface area contributed by atoms with Crippen LogP contribution in [-0.2, 0) is 19.6 Å². The summed E-state index contributed by atoms with van der Waals surface area (Å²) in [6, 6.07) is -0.0864. The van der Waals surface area contributed by atoms with Crippen LogP contribution in [0.3, 0.4) is 0 Å². The Kier molecular flexibility index (Phi) is 19.5. The van der Waals surface area contributed by atoms with Crippen molar-refractivity contribution in [3.63, 3.8) is 0 Å². The zero-order valence-corrected chi connectivity index (χ0v) is 29.0. The summed E-state index contributed by atoms with van der Waals surface area (Å²) in [7, 11) is 3.14. The van der Waals surface area contributed by atoms with Gasteiger partial charge in [0.05, 0.1) is 34.3 Å². The van der Waals surface area contributed by atoms with Crippen LogP contribution in [0.25, 0.3) is 0 Å². The highest BCUT2D eigenvalue weighted by molar-refractivity contribution is 14.3. The van der Waals surface area contributed by atoms with Gasteiger partial charge in [0.2, 0.25) is 0 Å². The van der Waals surface area contributed by atoms with Crippen LogP contribution < -0.4 is 5.32 Å². The number of halogens is 2. The molecule has 2 N–H and O–H groups in total. The average Bonchev–Trinajstić information content (AvgIpc) is 2.69. The summed E-state index contributed by atoms with van der Waals surface area (Å²) in [6.07, 6.45) is 3.57. The number of ether oxygens (including phenoxy) is 2. The molecule has 11 nitrogen and oxygen atoms in total. The number of amides is 1.